The summed E-state index contributed by atoms with van der Waals surface area (Å²) in [6.45, 7) is 4.65. The number of rotatable bonds is 5. The molecule has 0 atom stereocenters. The van der Waals surface area contributed by atoms with Gasteiger partial charge in [0, 0.05) is 0 Å². The third kappa shape index (κ3) is 4.21. The van der Waals surface area contributed by atoms with E-state index in [1.54, 1.807) is 15.3 Å². The molecular weight excluding hydrogens is 500 g/mol. The molecule has 170 valence electrons. The van der Waals surface area contributed by atoms with Gasteiger partial charge in [0.25, 0.3) is 0 Å². The maximum atomic E-state index is 2.58. The van der Waals surface area contributed by atoms with Crippen molar-refractivity contribution >= 4 is 6.48 Å². The summed E-state index contributed by atoms with van der Waals surface area (Å²) in [5.74, 6) is 0.569. The topological polar surface area (TPSA) is 0 Å². The second-order valence-corrected chi connectivity index (χ2v) is 15.9. The third-order valence-corrected chi connectivity index (χ3v) is 14.9. The van der Waals surface area contributed by atoms with Crippen LogP contribution < -0.4 is 3.27 Å². The fourth-order valence-corrected chi connectivity index (χ4v) is 13.6. The molecule has 2 aliphatic rings. The van der Waals surface area contributed by atoms with E-state index < -0.39 is 21.3 Å². The molecule has 4 aromatic rings. The van der Waals surface area contributed by atoms with Gasteiger partial charge in [0.15, 0.2) is 0 Å². The minimum atomic E-state index is -2.55. The first-order valence-electron chi connectivity index (χ1n) is 12.7. The zero-order chi connectivity index (χ0) is 23.8. The molecule has 4 aromatic carbocycles. The summed E-state index contributed by atoms with van der Waals surface area (Å²) in [6.07, 6.45) is 7.22. The van der Waals surface area contributed by atoms with Gasteiger partial charge in [0.05, 0.1) is 0 Å². The van der Waals surface area contributed by atoms with Gasteiger partial charge in [-0.3, -0.25) is 0 Å². The van der Waals surface area contributed by atoms with E-state index in [9.17, 15) is 0 Å². The van der Waals surface area contributed by atoms with E-state index in [1.165, 1.54) is 33.4 Å². The van der Waals surface area contributed by atoms with E-state index in [0.717, 1.165) is 12.8 Å². The van der Waals surface area contributed by atoms with Crippen molar-refractivity contribution in [2.24, 2.45) is 5.92 Å². The average Bonchev–Trinajstić information content (AvgIpc) is 3.54. The van der Waals surface area contributed by atoms with Gasteiger partial charge >= 0.3 is 218 Å². The molecule has 6 rings (SSSR count). The van der Waals surface area contributed by atoms with Crippen molar-refractivity contribution in [1.29, 1.82) is 0 Å². The Kier molecular flexibility index (Phi) is 6.21. The van der Waals surface area contributed by atoms with Crippen LogP contribution in [-0.4, -0.2) is 3.21 Å². The molecule has 2 aliphatic carbocycles. The van der Waals surface area contributed by atoms with Crippen molar-refractivity contribution in [2.75, 3.05) is 0 Å². The fourth-order valence-electron chi connectivity index (χ4n) is 5.65. The summed E-state index contributed by atoms with van der Waals surface area (Å²) in [5, 5.41) is 0. The number of benzene rings is 4. The van der Waals surface area contributed by atoms with Gasteiger partial charge < -0.3 is 0 Å². The first kappa shape index (κ1) is 22.6. The van der Waals surface area contributed by atoms with Crippen molar-refractivity contribution in [1.82, 2.24) is 0 Å². The molecule has 0 saturated heterocycles. The second kappa shape index (κ2) is 9.63. The molecule has 0 N–H and O–H groups in total. The van der Waals surface area contributed by atoms with Crippen molar-refractivity contribution < 1.29 is 21.3 Å². The van der Waals surface area contributed by atoms with Crippen LogP contribution in [0.25, 0.3) is 11.1 Å². The first-order valence-corrected chi connectivity index (χ1v) is 16.4. The molecule has 0 heterocycles. The Bertz CT molecular complexity index is 1440. The molecule has 0 saturated carbocycles. The summed E-state index contributed by atoms with van der Waals surface area (Å²) >= 11 is -2.55. The number of hydrogen-bond donors (Lipinski definition) is 0. The van der Waals surface area contributed by atoms with Gasteiger partial charge in [-0.15, -0.1) is 0 Å². The van der Waals surface area contributed by atoms with Crippen LogP contribution in [0.15, 0.2) is 124 Å². The molecule has 0 amide bonds. The van der Waals surface area contributed by atoms with E-state index in [0.29, 0.717) is 5.92 Å². The molecule has 35 heavy (non-hydrogen) atoms. The fraction of sp³-hybridized carbons (Fsp3) is 0.147. The van der Waals surface area contributed by atoms with Crippen molar-refractivity contribution in [3.8, 4) is 11.1 Å². The second-order valence-electron chi connectivity index (χ2n) is 9.88. The number of fused-ring (bicyclic) bond motifs is 3. The van der Waals surface area contributed by atoms with E-state index in [1.807, 2.05) is 0 Å². The Morgan fingerprint density at radius 2 is 1.31 bits per heavy atom. The van der Waals surface area contributed by atoms with Crippen LogP contribution in [0.2, 0.25) is 0 Å². The molecule has 0 fully saturated rings. The molecule has 0 bridgehead atoms. The third-order valence-electron chi connectivity index (χ3n) is 7.38. The van der Waals surface area contributed by atoms with Crippen molar-refractivity contribution in [2.45, 2.75) is 26.7 Å². The molecule has 1 heteroatoms. The Hall–Kier alpha value is -2.89. The maximum absolute atomic E-state index is 2.58. The van der Waals surface area contributed by atoms with Crippen LogP contribution in [0.3, 0.4) is 0 Å². The van der Waals surface area contributed by atoms with Crippen LogP contribution in [0.4, 0.5) is 0 Å². The number of hydrogen-bond acceptors (Lipinski definition) is 0. The zero-order valence-electron chi connectivity index (χ0n) is 20.5. The SMILES string of the molecule is CC(C)C1=CC[C]([Zr](=[C](c2ccccc2)c2ccccc2)[c]2cccc3c2Cc2ccccc2-3)=C1. The van der Waals surface area contributed by atoms with Gasteiger partial charge in [0.1, 0.15) is 0 Å². The Morgan fingerprint density at radius 3 is 1.97 bits per heavy atom. The predicted molar refractivity (Wildman–Crippen MR) is 146 cm³/mol. The standard InChI is InChI=1S/C13H9.C13H10.C8H11.Zr/c1-3-7-12-10(5-1)9-11-6-2-4-8-13(11)12;1-3-7-12(8-4-1)11-13-9-5-2-6-10-13;1-7(2)8-5-3-4-6-8;/h1-5,7-8H,9H2;1-10H;5-7H,3H2,1-2H3;. The van der Waals surface area contributed by atoms with E-state index >= 15 is 0 Å². The molecule has 0 radical (unpaired) electrons. The van der Waals surface area contributed by atoms with Crippen molar-refractivity contribution in [3.05, 3.63) is 146 Å². The Balaban J connectivity index is 1.67. The predicted octanol–water partition coefficient (Wildman–Crippen LogP) is 7.64. The average molecular weight is 530 g/mol. The first-order chi connectivity index (χ1) is 17.2. The van der Waals surface area contributed by atoms with E-state index in [-0.39, 0.29) is 0 Å². The Labute approximate surface area is 216 Å². The zero-order valence-corrected chi connectivity index (χ0v) is 22.9. The van der Waals surface area contributed by atoms with E-state index in [2.05, 4.69) is 129 Å². The number of allylic oxidation sites excluding steroid dienone is 4. The van der Waals surface area contributed by atoms with Gasteiger partial charge in [-0.05, 0) is 0 Å². The summed E-state index contributed by atoms with van der Waals surface area (Å²) in [4.78, 5) is 0. The summed E-state index contributed by atoms with van der Waals surface area (Å²) < 4.78 is 4.94. The summed E-state index contributed by atoms with van der Waals surface area (Å²) in [5.41, 5.74) is 10.2. The molecular formula is C34H30Zr. The normalized spacial score (nSPS) is 13.8. The van der Waals surface area contributed by atoms with Gasteiger partial charge in [0.2, 0.25) is 0 Å². The van der Waals surface area contributed by atoms with Crippen LogP contribution in [0.5, 0.6) is 0 Å². The minimum absolute atomic E-state index is 0.569. The molecule has 0 unspecified atom stereocenters. The van der Waals surface area contributed by atoms with Crippen LogP contribution in [-0.2, 0) is 27.7 Å². The summed E-state index contributed by atoms with van der Waals surface area (Å²) in [6, 6.07) is 38.5. The Morgan fingerprint density at radius 1 is 0.686 bits per heavy atom. The van der Waals surface area contributed by atoms with E-state index in [4.69, 9.17) is 0 Å². The summed E-state index contributed by atoms with van der Waals surface area (Å²) in [7, 11) is 0. The molecule has 0 spiro atoms. The van der Waals surface area contributed by atoms with Gasteiger partial charge in [-0.25, -0.2) is 0 Å². The van der Waals surface area contributed by atoms with Crippen LogP contribution >= 0.6 is 0 Å². The van der Waals surface area contributed by atoms with Crippen LogP contribution in [0, 0.1) is 5.92 Å². The molecule has 0 aromatic heterocycles. The van der Waals surface area contributed by atoms with Crippen LogP contribution in [0.1, 0.15) is 42.5 Å². The van der Waals surface area contributed by atoms with Gasteiger partial charge in [-0.2, -0.15) is 0 Å². The van der Waals surface area contributed by atoms with Gasteiger partial charge in [-0.1, -0.05) is 0 Å². The molecule has 0 aliphatic heterocycles. The quantitative estimate of drug-likeness (QED) is 0.219. The molecule has 0 nitrogen and oxygen atoms in total. The van der Waals surface area contributed by atoms with Crippen molar-refractivity contribution in [3.63, 3.8) is 0 Å². The monoisotopic (exact) mass is 528 g/mol.